The molecule has 1 aromatic carbocycles. The Morgan fingerprint density at radius 2 is 2.00 bits per heavy atom. The molecule has 1 aromatic rings. The van der Waals surface area contributed by atoms with Crippen LogP contribution in [0.2, 0.25) is 0 Å². The third-order valence-corrected chi connectivity index (χ3v) is 4.04. The lowest BCUT2D eigenvalue weighted by atomic mass is 10.0. The van der Waals surface area contributed by atoms with Gasteiger partial charge in [-0.1, -0.05) is 6.92 Å². The highest BCUT2D eigenvalue weighted by molar-refractivity contribution is 5.78. The number of hydrogen-bond acceptors (Lipinski definition) is 5. The average Bonchev–Trinajstić information content (AvgIpc) is 2.55. The highest BCUT2D eigenvalue weighted by Crippen LogP contribution is 2.22. The van der Waals surface area contributed by atoms with Gasteiger partial charge >= 0.3 is 0 Å². The molecule has 2 rings (SSSR count). The van der Waals surface area contributed by atoms with E-state index in [1.165, 1.54) is 12.1 Å². The van der Waals surface area contributed by atoms with Gasteiger partial charge < -0.3 is 15.0 Å². The number of nitro benzene ring substituents is 1. The van der Waals surface area contributed by atoms with E-state index in [4.69, 9.17) is 4.74 Å². The summed E-state index contributed by atoms with van der Waals surface area (Å²) >= 11 is 0. The molecule has 1 N–H and O–H groups in total. The highest BCUT2D eigenvalue weighted by Gasteiger charge is 2.26. The number of nitrogens with one attached hydrogen (secondary N) is 1. The maximum absolute atomic E-state index is 12.2. The Balaban J connectivity index is 1.82. The SMILES string of the molecule is CNCC(C)C(=O)N1CCC(Oc2ccc([N+](=O)[O-])cc2)CC1. The van der Waals surface area contributed by atoms with Crippen molar-refractivity contribution < 1.29 is 14.5 Å². The first-order valence-corrected chi connectivity index (χ1v) is 7.85. The maximum Gasteiger partial charge on any atom is 0.269 e. The highest BCUT2D eigenvalue weighted by atomic mass is 16.6. The number of hydrogen-bond donors (Lipinski definition) is 1. The summed E-state index contributed by atoms with van der Waals surface area (Å²) < 4.78 is 5.85. The predicted octanol–water partition coefficient (Wildman–Crippen LogP) is 1.82. The van der Waals surface area contributed by atoms with Crippen molar-refractivity contribution in [1.29, 1.82) is 0 Å². The minimum absolute atomic E-state index is 0.0212. The van der Waals surface area contributed by atoms with Gasteiger partial charge in [0.1, 0.15) is 11.9 Å². The predicted molar refractivity (Wildman–Crippen MR) is 86.4 cm³/mol. The van der Waals surface area contributed by atoms with Gasteiger partial charge in [-0.05, 0) is 19.2 Å². The Morgan fingerprint density at radius 3 is 2.52 bits per heavy atom. The summed E-state index contributed by atoms with van der Waals surface area (Å²) in [6, 6.07) is 6.11. The molecule has 126 valence electrons. The van der Waals surface area contributed by atoms with E-state index in [-0.39, 0.29) is 23.6 Å². The number of nitrogens with zero attached hydrogens (tertiary/aromatic N) is 2. The normalized spacial score (nSPS) is 16.9. The third-order valence-electron chi connectivity index (χ3n) is 4.04. The van der Waals surface area contributed by atoms with Crippen LogP contribution in [-0.4, -0.2) is 48.5 Å². The lowest BCUT2D eigenvalue weighted by molar-refractivity contribution is -0.384. The molecule has 7 nitrogen and oxygen atoms in total. The van der Waals surface area contributed by atoms with Crippen molar-refractivity contribution in [3.05, 3.63) is 34.4 Å². The van der Waals surface area contributed by atoms with E-state index in [2.05, 4.69) is 5.32 Å². The molecule has 0 radical (unpaired) electrons. The van der Waals surface area contributed by atoms with Crippen molar-refractivity contribution in [3.8, 4) is 5.75 Å². The summed E-state index contributed by atoms with van der Waals surface area (Å²) in [5.74, 6) is 0.782. The first kappa shape index (κ1) is 17.2. The molecule has 1 atom stereocenters. The molecule has 1 unspecified atom stereocenters. The van der Waals surface area contributed by atoms with Crippen LogP contribution in [0.25, 0.3) is 0 Å². The van der Waals surface area contributed by atoms with Crippen LogP contribution >= 0.6 is 0 Å². The second kappa shape index (κ2) is 7.92. The Morgan fingerprint density at radius 1 is 1.39 bits per heavy atom. The summed E-state index contributed by atoms with van der Waals surface area (Å²) in [5, 5.41) is 13.6. The van der Waals surface area contributed by atoms with E-state index >= 15 is 0 Å². The summed E-state index contributed by atoms with van der Waals surface area (Å²) in [5.41, 5.74) is 0.0521. The number of nitro groups is 1. The van der Waals surface area contributed by atoms with Crippen LogP contribution in [0.4, 0.5) is 5.69 Å². The van der Waals surface area contributed by atoms with Gasteiger partial charge in [-0.2, -0.15) is 0 Å². The minimum atomic E-state index is -0.430. The topological polar surface area (TPSA) is 84.7 Å². The smallest absolute Gasteiger partial charge is 0.269 e. The molecular formula is C16H23N3O4. The number of non-ortho nitro benzene ring substituents is 1. The van der Waals surface area contributed by atoms with Crippen LogP contribution in [0, 0.1) is 16.0 Å². The molecule has 7 heteroatoms. The molecule has 0 saturated carbocycles. The number of likely N-dealkylation sites (tertiary alicyclic amines) is 1. The lowest BCUT2D eigenvalue weighted by Crippen LogP contribution is -2.45. The Bertz CT molecular complexity index is 539. The molecule has 1 fully saturated rings. The Hall–Kier alpha value is -2.15. The van der Waals surface area contributed by atoms with E-state index in [0.29, 0.717) is 25.4 Å². The van der Waals surface area contributed by atoms with Gasteiger partial charge in [0.15, 0.2) is 0 Å². The van der Waals surface area contributed by atoms with Crippen molar-refractivity contribution in [1.82, 2.24) is 10.2 Å². The van der Waals surface area contributed by atoms with E-state index in [0.717, 1.165) is 12.8 Å². The fraction of sp³-hybridized carbons (Fsp3) is 0.562. The molecule has 0 bridgehead atoms. The summed E-state index contributed by atoms with van der Waals surface area (Å²) in [6.45, 7) is 3.98. The molecule has 23 heavy (non-hydrogen) atoms. The number of carbonyl (C=O) groups is 1. The molecule has 1 aliphatic rings. The van der Waals surface area contributed by atoms with Gasteiger partial charge in [-0.15, -0.1) is 0 Å². The molecule has 1 aliphatic heterocycles. The van der Waals surface area contributed by atoms with E-state index in [1.807, 2.05) is 18.9 Å². The quantitative estimate of drug-likeness (QED) is 0.638. The number of amides is 1. The number of ether oxygens (including phenoxy) is 1. The summed E-state index contributed by atoms with van der Waals surface area (Å²) in [7, 11) is 1.84. The lowest BCUT2D eigenvalue weighted by Gasteiger charge is -2.33. The number of carbonyl (C=O) groups excluding carboxylic acids is 1. The number of piperidine rings is 1. The standard InChI is InChI=1S/C16H23N3O4/c1-12(11-17-2)16(20)18-9-7-15(8-10-18)23-14-5-3-13(4-6-14)19(21)22/h3-6,12,15,17H,7-11H2,1-2H3. The van der Waals surface area contributed by atoms with Crippen molar-refractivity contribution in [2.24, 2.45) is 5.92 Å². The molecular weight excluding hydrogens is 298 g/mol. The summed E-state index contributed by atoms with van der Waals surface area (Å²) in [6.07, 6.45) is 1.59. The van der Waals surface area contributed by atoms with Crippen LogP contribution in [-0.2, 0) is 4.79 Å². The van der Waals surface area contributed by atoms with Crippen LogP contribution in [0.15, 0.2) is 24.3 Å². The molecule has 0 aliphatic carbocycles. The maximum atomic E-state index is 12.2. The number of rotatable bonds is 6. The Labute approximate surface area is 135 Å². The van der Waals surface area contributed by atoms with E-state index in [9.17, 15) is 14.9 Å². The Kier molecular flexibility index (Phi) is 5.92. The van der Waals surface area contributed by atoms with Crippen LogP contribution in [0.1, 0.15) is 19.8 Å². The van der Waals surface area contributed by atoms with Crippen LogP contribution in [0.3, 0.4) is 0 Å². The first-order valence-electron chi connectivity index (χ1n) is 7.85. The zero-order chi connectivity index (χ0) is 16.8. The second-order valence-electron chi connectivity index (χ2n) is 5.85. The van der Waals surface area contributed by atoms with Gasteiger partial charge in [0.2, 0.25) is 5.91 Å². The van der Waals surface area contributed by atoms with E-state index in [1.54, 1.807) is 12.1 Å². The molecule has 1 heterocycles. The van der Waals surface area contributed by atoms with Crippen LogP contribution in [0.5, 0.6) is 5.75 Å². The minimum Gasteiger partial charge on any atom is -0.490 e. The van der Waals surface area contributed by atoms with Gasteiger partial charge in [0, 0.05) is 50.5 Å². The van der Waals surface area contributed by atoms with Crippen LogP contribution < -0.4 is 10.1 Å². The third kappa shape index (κ3) is 4.66. The van der Waals surface area contributed by atoms with Gasteiger partial charge in [0.05, 0.1) is 4.92 Å². The second-order valence-corrected chi connectivity index (χ2v) is 5.85. The van der Waals surface area contributed by atoms with Crippen molar-refractivity contribution in [2.75, 3.05) is 26.7 Å². The van der Waals surface area contributed by atoms with Gasteiger partial charge in [-0.3, -0.25) is 14.9 Å². The average molecular weight is 321 g/mol. The fourth-order valence-electron chi connectivity index (χ4n) is 2.74. The van der Waals surface area contributed by atoms with Gasteiger partial charge in [-0.25, -0.2) is 0 Å². The monoisotopic (exact) mass is 321 g/mol. The molecule has 1 amide bonds. The van der Waals surface area contributed by atoms with Gasteiger partial charge in [0.25, 0.3) is 5.69 Å². The fourth-order valence-corrected chi connectivity index (χ4v) is 2.74. The number of benzene rings is 1. The molecule has 1 saturated heterocycles. The van der Waals surface area contributed by atoms with Crippen molar-refractivity contribution in [3.63, 3.8) is 0 Å². The molecule has 0 aromatic heterocycles. The summed E-state index contributed by atoms with van der Waals surface area (Å²) in [4.78, 5) is 24.3. The zero-order valence-corrected chi connectivity index (χ0v) is 13.5. The van der Waals surface area contributed by atoms with E-state index < -0.39 is 4.92 Å². The van der Waals surface area contributed by atoms with Crippen molar-refractivity contribution in [2.45, 2.75) is 25.9 Å². The zero-order valence-electron chi connectivity index (χ0n) is 13.5. The first-order chi connectivity index (χ1) is 11.0. The van der Waals surface area contributed by atoms with Crippen molar-refractivity contribution >= 4 is 11.6 Å². The largest absolute Gasteiger partial charge is 0.490 e. The molecule has 0 spiro atoms.